The summed E-state index contributed by atoms with van der Waals surface area (Å²) in [6.45, 7) is 1.84. The number of halogens is 1. The number of fused-ring (bicyclic) bond motifs is 1. The normalized spacial score (nSPS) is 15.7. The van der Waals surface area contributed by atoms with Crippen LogP contribution >= 0.6 is 21.6 Å². The molecule has 1 saturated carbocycles. The number of hydrogen-bond acceptors (Lipinski definition) is 8. The standard InChI is InChI=1S/C25H25FN4O5S2/c26-19-13-17-20(30(16-4-5-16)15-18(23(17)31)24(32)33)14-21(19)28-7-9-29(10-8-28)25(34)35-11-12-36-37-22-3-1-2-6-27-22/h1-3,6,13-16H,4-5,7-12H2,(H,32,33). The van der Waals surface area contributed by atoms with Gasteiger partial charge in [0, 0.05) is 55.8 Å². The van der Waals surface area contributed by atoms with Gasteiger partial charge in [0.25, 0.3) is 0 Å². The molecule has 2 fully saturated rings. The predicted molar refractivity (Wildman–Crippen MR) is 141 cm³/mol. The molecule has 194 valence electrons. The molecule has 2 aliphatic rings. The van der Waals surface area contributed by atoms with Gasteiger partial charge < -0.3 is 24.2 Å². The van der Waals surface area contributed by atoms with Crippen LogP contribution in [0.3, 0.4) is 0 Å². The van der Waals surface area contributed by atoms with Gasteiger partial charge >= 0.3 is 12.1 Å². The summed E-state index contributed by atoms with van der Waals surface area (Å²) in [6.07, 6.45) is 4.46. The Kier molecular flexibility index (Phi) is 7.56. The molecule has 12 heteroatoms. The summed E-state index contributed by atoms with van der Waals surface area (Å²) in [5.74, 6) is -1.28. The minimum Gasteiger partial charge on any atom is -0.477 e. The van der Waals surface area contributed by atoms with Crippen molar-refractivity contribution in [3.05, 3.63) is 64.3 Å². The third kappa shape index (κ3) is 5.69. The highest BCUT2D eigenvalue weighted by molar-refractivity contribution is 8.76. The van der Waals surface area contributed by atoms with E-state index in [0.717, 1.165) is 23.9 Å². The molecule has 1 aliphatic carbocycles. The van der Waals surface area contributed by atoms with E-state index in [4.69, 9.17) is 4.74 Å². The third-order valence-electron chi connectivity index (χ3n) is 6.32. The molecule has 3 heterocycles. The summed E-state index contributed by atoms with van der Waals surface area (Å²) in [6, 6.07) is 8.56. The quantitative estimate of drug-likeness (QED) is 0.329. The number of carbonyl (C=O) groups excluding carboxylic acids is 1. The number of carboxylic acid groups (broad SMARTS) is 1. The van der Waals surface area contributed by atoms with E-state index in [1.165, 1.54) is 17.0 Å². The van der Waals surface area contributed by atoms with Gasteiger partial charge in [-0.15, -0.1) is 0 Å². The zero-order valence-electron chi connectivity index (χ0n) is 19.8. The van der Waals surface area contributed by atoms with E-state index in [0.29, 0.717) is 43.1 Å². The summed E-state index contributed by atoms with van der Waals surface area (Å²) < 4.78 is 22.3. The molecule has 1 saturated heterocycles. The highest BCUT2D eigenvalue weighted by Gasteiger charge is 2.29. The number of anilines is 1. The van der Waals surface area contributed by atoms with E-state index >= 15 is 4.39 Å². The number of hydrogen-bond donors (Lipinski definition) is 1. The fourth-order valence-corrected chi connectivity index (χ4v) is 6.00. The molecular weight excluding hydrogens is 519 g/mol. The van der Waals surface area contributed by atoms with Crippen molar-refractivity contribution in [2.24, 2.45) is 0 Å². The molecule has 3 aromatic rings. The molecule has 0 spiro atoms. The molecule has 1 amide bonds. The summed E-state index contributed by atoms with van der Waals surface area (Å²) in [5.41, 5.74) is -0.182. The van der Waals surface area contributed by atoms with Crippen LogP contribution in [0, 0.1) is 5.82 Å². The lowest BCUT2D eigenvalue weighted by molar-refractivity contribution is 0.0694. The van der Waals surface area contributed by atoms with Crippen molar-refractivity contribution in [2.45, 2.75) is 23.9 Å². The molecule has 1 aromatic carbocycles. The Balaban J connectivity index is 1.20. The summed E-state index contributed by atoms with van der Waals surface area (Å²) in [7, 11) is 3.08. The van der Waals surface area contributed by atoms with E-state index < -0.39 is 23.3 Å². The molecule has 0 bridgehead atoms. The van der Waals surface area contributed by atoms with Gasteiger partial charge in [-0.25, -0.2) is 19.0 Å². The van der Waals surface area contributed by atoms with Crippen molar-refractivity contribution >= 4 is 50.2 Å². The maximum Gasteiger partial charge on any atom is 0.409 e. The molecule has 0 atom stereocenters. The SMILES string of the molecule is O=C(O)c1cn(C2CC2)c2cc(N3CCN(C(=O)OCCSSc4ccccn4)CC3)c(F)cc2c1=O. The Morgan fingerprint density at radius 3 is 2.62 bits per heavy atom. The van der Waals surface area contributed by atoms with E-state index in [1.54, 1.807) is 32.5 Å². The van der Waals surface area contributed by atoms with Crippen LogP contribution in [0.5, 0.6) is 0 Å². The monoisotopic (exact) mass is 544 g/mol. The van der Waals surface area contributed by atoms with Crippen LogP contribution in [0.1, 0.15) is 29.2 Å². The fraction of sp³-hybridized carbons (Fsp3) is 0.360. The van der Waals surface area contributed by atoms with Crippen LogP contribution in [0.4, 0.5) is 14.9 Å². The maximum absolute atomic E-state index is 15.1. The molecular formula is C25H25FN4O5S2. The smallest absolute Gasteiger partial charge is 0.409 e. The van der Waals surface area contributed by atoms with Gasteiger partial charge in [-0.1, -0.05) is 16.9 Å². The number of aromatic carboxylic acids is 1. The Labute approximate surface area is 220 Å². The van der Waals surface area contributed by atoms with E-state index in [2.05, 4.69) is 4.98 Å². The minimum atomic E-state index is -1.32. The zero-order chi connectivity index (χ0) is 25.9. The minimum absolute atomic E-state index is 0.0642. The first-order chi connectivity index (χ1) is 17.9. The largest absolute Gasteiger partial charge is 0.477 e. The van der Waals surface area contributed by atoms with Crippen LogP contribution in [-0.2, 0) is 4.74 Å². The van der Waals surface area contributed by atoms with Gasteiger partial charge in [0.15, 0.2) is 0 Å². The second-order valence-corrected chi connectivity index (χ2v) is 11.2. The molecule has 9 nitrogen and oxygen atoms in total. The number of amides is 1. The summed E-state index contributed by atoms with van der Waals surface area (Å²) in [5, 5.41) is 10.4. The summed E-state index contributed by atoms with van der Waals surface area (Å²) in [4.78, 5) is 44.4. The van der Waals surface area contributed by atoms with Crippen molar-refractivity contribution in [3.8, 4) is 0 Å². The van der Waals surface area contributed by atoms with Gasteiger partial charge in [-0.2, -0.15) is 0 Å². The molecule has 37 heavy (non-hydrogen) atoms. The second kappa shape index (κ2) is 11.0. The Hall–Kier alpha value is -3.25. The Morgan fingerprint density at radius 2 is 1.95 bits per heavy atom. The molecule has 5 rings (SSSR count). The van der Waals surface area contributed by atoms with Gasteiger partial charge in [-0.3, -0.25) is 4.79 Å². The van der Waals surface area contributed by atoms with Gasteiger partial charge in [0.1, 0.15) is 23.0 Å². The molecule has 1 N–H and O–H groups in total. The topological polar surface area (TPSA) is 105 Å². The lowest BCUT2D eigenvalue weighted by Crippen LogP contribution is -2.49. The highest BCUT2D eigenvalue weighted by Crippen LogP contribution is 2.38. The van der Waals surface area contributed by atoms with Crippen molar-refractivity contribution in [2.75, 3.05) is 43.4 Å². The van der Waals surface area contributed by atoms with Gasteiger partial charge in [0.2, 0.25) is 5.43 Å². The molecule has 1 aliphatic heterocycles. The number of benzene rings is 1. The second-order valence-electron chi connectivity index (χ2n) is 8.80. The number of aromatic nitrogens is 2. The number of ether oxygens (including phenoxy) is 1. The number of rotatable bonds is 8. The average Bonchev–Trinajstić information content (AvgIpc) is 3.75. The number of carbonyl (C=O) groups is 2. The predicted octanol–water partition coefficient (Wildman–Crippen LogP) is 4.27. The van der Waals surface area contributed by atoms with Gasteiger partial charge in [0.05, 0.1) is 11.2 Å². The van der Waals surface area contributed by atoms with Crippen LogP contribution in [0.15, 0.2) is 52.5 Å². The first-order valence-electron chi connectivity index (χ1n) is 11.9. The highest BCUT2D eigenvalue weighted by atomic mass is 33.1. The molecule has 0 radical (unpaired) electrons. The van der Waals surface area contributed by atoms with Crippen LogP contribution in [-0.4, -0.2) is 70.2 Å². The van der Waals surface area contributed by atoms with Crippen molar-refractivity contribution in [1.82, 2.24) is 14.5 Å². The van der Waals surface area contributed by atoms with Crippen molar-refractivity contribution in [1.29, 1.82) is 0 Å². The van der Waals surface area contributed by atoms with E-state index in [-0.39, 0.29) is 23.6 Å². The lowest BCUT2D eigenvalue weighted by Gasteiger charge is -2.35. The lowest BCUT2D eigenvalue weighted by atomic mass is 10.1. The molecule has 2 aromatic heterocycles. The fourth-order valence-electron chi connectivity index (χ4n) is 4.29. The average molecular weight is 545 g/mol. The van der Waals surface area contributed by atoms with Crippen LogP contribution in [0.2, 0.25) is 0 Å². The Bertz CT molecular complexity index is 1370. The first-order valence-corrected chi connectivity index (χ1v) is 14.2. The number of nitrogens with zero attached hydrogens (tertiary/aromatic N) is 4. The third-order valence-corrected chi connectivity index (χ3v) is 8.55. The van der Waals surface area contributed by atoms with Crippen LogP contribution < -0.4 is 10.3 Å². The first kappa shape index (κ1) is 25.4. The number of piperazine rings is 1. The van der Waals surface area contributed by atoms with Crippen molar-refractivity contribution < 1.29 is 23.8 Å². The van der Waals surface area contributed by atoms with Crippen molar-refractivity contribution in [3.63, 3.8) is 0 Å². The van der Waals surface area contributed by atoms with Crippen LogP contribution in [0.25, 0.3) is 10.9 Å². The maximum atomic E-state index is 15.1. The summed E-state index contributed by atoms with van der Waals surface area (Å²) >= 11 is 0. The zero-order valence-corrected chi connectivity index (χ0v) is 21.5. The van der Waals surface area contributed by atoms with E-state index in [9.17, 15) is 19.5 Å². The molecule has 0 unspecified atom stereocenters. The van der Waals surface area contributed by atoms with Gasteiger partial charge in [-0.05, 0) is 47.9 Å². The number of pyridine rings is 2. The Morgan fingerprint density at radius 1 is 1.16 bits per heavy atom. The van der Waals surface area contributed by atoms with E-state index in [1.807, 2.05) is 23.1 Å². The number of carboxylic acids is 1.